The number of nitrogens with one attached hydrogen (secondary N) is 1. The predicted molar refractivity (Wildman–Crippen MR) is 54.7 cm³/mol. The van der Waals surface area contributed by atoms with Crippen LogP contribution in [0.5, 0.6) is 0 Å². The number of nitrogens with two attached hydrogens (primary N) is 1. The Morgan fingerprint density at radius 2 is 2.29 bits per heavy atom. The van der Waals surface area contributed by atoms with E-state index in [2.05, 4.69) is 17.1 Å². The van der Waals surface area contributed by atoms with Crippen molar-refractivity contribution in [2.45, 2.75) is 31.8 Å². The summed E-state index contributed by atoms with van der Waals surface area (Å²) < 4.78 is 0. The Labute approximate surface area is 84.8 Å². The smallest absolute Gasteiger partial charge is 0.234 e. The van der Waals surface area contributed by atoms with Crippen molar-refractivity contribution in [1.82, 2.24) is 10.2 Å². The van der Waals surface area contributed by atoms with Crippen molar-refractivity contribution in [2.75, 3.05) is 19.6 Å². The second kappa shape index (κ2) is 3.87. The van der Waals surface area contributed by atoms with Gasteiger partial charge in [-0.15, -0.1) is 0 Å². The Morgan fingerprint density at radius 3 is 2.79 bits per heavy atom. The molecule has 2 saturated heterocycles. The Balaban J connectivity index is 1.91. The zero-order chi connectivity index (χ0) is 10.1. The maximum absolute atomic E-state index is 11.1. The molecule has 14 heavy (non-hydrogen) atoms. The Bertz CT molecular complexity index is 231. The van der Waals surface area contributed by atoms with Crippen molar-refractivity contribution in [3.8, 4) is 0 Å². The molecule has 2 aliphatic heterocycles. The molecule has 2 rings (SSSR count). The summed E-state index contributed by atoms with van der Waals surface area (Å²) in [5.74, 6) is 0.553. The highest BCUT2D eigenvalue weighted by molar-refractivity contribution is 5.80. The molecule has 80 valence electrons. The maximum Gasteiger partial charge on any atom is 0.234 e. The van der Waals surface area contributed by atoms with Crippen LogP contribution in [0.4, 0.5) is 0 Å². The van der Waals surface area contributed by atoms with Gasteiger partial charge in [-0.1, -0.05) is 6.92 Å². The Morgan fingerprint density at radius 1 is 1.50 bits per heavy atom. The second-order valence-electron chi connectivity index (χ2n) is 4.60. The van der Waals surface area contributed by atoms with Crippen LogP contribution in [0, 0.1) is 5.92 Å². The van der Waals surface area contributed by atoms with Gasteiger partial charge < -0.3 is 11.1 Å². The van der Waals surface area contributed by atoms with Gasteiger partial charge in [0, 0.05) is 19.1 Å². The molecule has 0 saturated carbocycles. The number of amides is 1. The number of rotatable bonds is 2. The molecule has 0 bridgehead atoms. The Hall–Kier alpha value is -0.610. The molecule has 3 unspecified atom stereocenters. The van der Waals surface area contributed by atoms with E-state index in [1.54, 1.807) is 0 Å². The SMILES string of the molecule is CC1CNCC(N2CCC2C(N)=O)C1. The molecule has 2 heterocycles. The number of carbonyl (C=O) groups excluding carboxylic acids is 1. The standard InChI is InChI=1S/C10H19N3O/c1-7-4-8(6-12-5-7)13-3-2-9(13)10(11)14/h7-9,12H,2-6H2,1H3,(H2,11,14). The van der Waals surface area contributed by atoms with E-state index in [9.17, 15) is 4.79 Å². The van der Waals surface area contributed by atoms with E-state index in [0.29, 0.717) is 12.0 Å². The number of carbonyl (C=O) groups is 1. The van der Waals surface area contributed by atoms with E-state index in [4.69, 9.17) is 5.73 Å². The molecule has 0 aromatic carbocycles. The lowest BCUT2D eigenvalue weighted by Crippen LogP contribution is -2.62. The van der Waals surface area contributed by atoms with Crippen molar-refractivity contribution in [2.24, 2.45) is 11.7 Å². The molecule has 1 amide bonds. The molecule has 2 fully saturated rings. The van der Waals surface area contributed by atoms with Gasteiger partial charge in [-0.3, -0.25) is 9.69 Å². The largest absolute Gasteiger partial charge is 0.368 e. The van der Waals surface area contributed by atoms with Crippen LogP contribution >= 0.6 is 0 Å². The van der Waals surface area contributed by atoms with Crippen molar-refractivity contribution < 1.29 is 4.79 Å². The van der Waals surface area contributed by atoms with Crippen molar-refractivity contribution in [3.63, 3.8) is 0 Å². The van der Waals surface area contributed by atoms with E-state index in [-0.39, 0.29) is 11.9 Å². The summed E-state index contributed by atoms with van der Waals surface area (Å²) in [5, 5.41) is 3.40. The molecule has 0 aliphatic carbocycles. The van der Waals surface area contributed by atoms with Crippen LogP contribution < -0.4 is 11.1 Å². The summed E-state index contributed by atoms with van der Waals surface area (Å²) in [6.45, 7) is 5.39. The topological polar surface area (TPSA) is 58.4 Å². The molecule has 0 aromatic heterocycles. The fourth-order valence-corrected chi connectivity index (χ4v) is 2.53. The van der Waals surface area contributed by atoms with Crippen LogP contribution in [-0.4, -0.2) is 42.5 Å². The zero-order valence-electron chi connectivity index (χ0n) is 8.70. The van der Waals surface area contributed by atoms with Gasteiger partial charge in [0.15, 0.2) is 0 Å². The monoisotopic (exact) mass is 197 g/mol. The first-order valence-electron chi connectivity index (χ1n) is 5.44. The van der Waals surface area contributed by atoms with Crippen LogP contribution in [-0.2, 0) is 4.79 Å². The second-order valence-corrected chi connectivity index (χ2v) is 4.60. The fraction of sp³-hybridized carbons (Fsp3) is 0.900. The molecular weight excluding hydrogens is 178 g/mol. The number of likely N-dealkylation sites (tertiary alicyclic amines) is 1. The van der Waals surface area contributed by atoms with Gasteiger partial charge in [-0.05, 0) is 25.3 Å². The van der Waals surface area contributed by atoms with Crippen molar-refractivity contribution >= 4 is 5.91 Å². The molecule has 4 nitrogen and oxygen atoms in total. The van der Waals surface area contributed by atoms with Crippen LogP contribution in [0.3, 0.4) is 0 Å². The summed E-state index contributed by atoms with van der Waals surface area (Å²) in [4.78, 5) is 13.3. The van der Waals surface area contributed by atoms with Gasteiger partial charge >= 0.3 is 0 Å². The maximum atomic E-state index is 11.1. The van der Waals surface area contributed by atoms with Gasteiger partial charge in [0.05, 0.1) is 6.04 Å². The van der Waals surface area contributed by atoms with E-state index < -0.39 is 0 Å². The first kappa shape index (κ1) is 9.93. The van der Waals surface area contributed by atoms with Crippen LogP contribution in [0.1, 0.15) is 19.8 Å². The van der Waals surface area contributed by atoms with Gasteiger partial charge in [0.1, 0.15) is 0 Å². The lowest BCUT2D eigenvalue weighted by molar-refractivity contribution is -0.129. The van der Waals surface area contributed by atoms with E-state index in [1.165, 1.54) is 6.42 Å². The third kappa shape index (κ3) is 1.77. The van der Waals surface area contributed by atoms with E-state index in [1.807, 2.05) is 0 Å². The van der Waals surface area contributed by atoms with Crippen LogP contribution in [0.2, 0.25) is 0 Å². The van der Waals surface area contributed by atoms with Gasteiger partial charge in [-0.2, -0.15) is 0 Å². The minimum Gasteiger partial charge on any atom is -0.368 e. The first-order chi connectivity index (χ1) is 6.68. The average Bonchev–Trinajstić information content (AvgIpc) is 2.00. The highest BCUT2D eigenvalue weighted by Gasteiger charge is 2.38. The number of hydrogen-bond acceptors (Lipinski definition) is 3. The van der Waals surface area contributed by atoms with E-state index in [0.717, 1.165) is 26.1 Å². The Kier molecular flexibility index (Phi) is 2.74. The van der Waals surface area contributed by atoms with Gasteiger partial charge in [0.25, 0.3) is 0 Å². The number of piperidine rings is 1. The van der Waals surface area contributed by atoms with Crippen LogP contribution in [0.25, 0.3) is 0 Å². The predicted octanol–water partition coefficient (Wildman–Crippen LogP) is -0.456. The first-order valence-corrected chi connectivity index (χ1v) is 5.44. The molecule has 2 aliphatic rings. The third-order valence-corrected chi connectivity index (χ3v) is 3.41. The molecule has 3 N–H and O–H groups in total. The average molecular weight is 197 g/mol. The van der Waals surface area contributed by atoms with Crippen molar-refractivity contribution in [3.05, 3.63) is 0 Å². The normalized spacial score (nSPS) is 39.1. The number of primary amides is 1. The quantitative estimate of drug-likeness (QED) is 0.630. The van der Waals surface area contributed by atoms with Gasteiger partial charge in [-0.25, -0.2) is 0 Å². The summed E-state index contributed by atoms with van der Waals surface area (Å²) in [6.07, 6.45) is 2.14. The minimum absolute atomic E-state index is 0.00657. The van der Waals surface area contributed by atoms with E-state index >= 15 is 0 Å². The highest BCUT2D eigenvalue weighted by Crippen LogP contribution is 2.25. The molecule has 0 aromatic rings. The molecule has 0 radical (unpaired) electrons. The fourth-order valence-electron chi connectivity index (χ4n) is 2.53. The molecule has 0 spiro atoms. The molecule has 4 heteroatoms. The van der Waals surface area contributed by atoms with Gasteiger partial charge in [0.2, 0.25) is 5.91 Å². The summed E-state index contributed by atoms with van der Waals surface area (Å²) >= 11 is 0. The van der Waals surface area contributed by atoms with Crippen molar-refractivity contribution in [1.29, 1.82) is 0 Å². The minimum atomic E-state index is -0.158. The summed E-state index contributed by atoms with van der Waals surface area (Å²) in [5.41, 5.74) is 5.33. The zero-order valence-corrected chi connectivity index (χ0v) is 8.70. The summed E-state index contributed by atoms with van der Waals surface area (Å²) in [6, 6.07) is 0.525. The summed E-state index contributed by atoms with van der Waals surface area (Å²) in [7, 11) is 0. The molecular formula is C10H19N3O. The third-order valence-electron chi connectivity index (χ3n) is 3.41. The lowest BCUT2D eigenvalue weighted by Gasteiger charge is -2.46. The van der Waals surface area contributed by atoms with Crippen LogP contribution in [0.15, 0.2) is 0 Å². The lowest BCUT2D eigenvalue weighted by atomic mass is 9.91. The number of nitrogens with zero attached hydrogens (tertiary/aromatic N) is 1. The molecule has 3 atom stereocenters. The number of hydrogen-bond donors (Lipinski definition) is 2. The highest BCUT2D eigenvalue weighted by atomic mass is 16.1.